The molecule has 0 bridgehead atoms. The van der Waals surface area contributed by atoms with Crippen molar-refractivity contribution in [1.82, 2.24) is 0 Å². The van der Waals surface area contributed by atoms with Gasteiger partial charge in [-0.05, 0) is 43.0 Å². The summed E-state index contributed by atoms with van der Waals surface area (Å²) in [6.45, 7) is 3.95. The van der Waals surface area contributed by atoms with Gasteiger partial charge in [-0.15, -0.1) is 0 Å². The highest BCUT2D eigenvalue weighted by Gasteiger charge is 2.17. The number of fused-ring (bicyclic) bond motifs is 1. The summed E-state index contributed by atoms with van der Waals surface area (Å²) in [7, 11) is 1.62. The number of methoxy groups -OCH3 is 1. The van der Waals surface area contributed by atoms with Crippen LogP contribution in [0.15, 0.2) is 54.6 Å². The molecule has 0 atom stereocenters. The Hall–Kier alpha value is -2.68. The third-order valence-electron chi connectivity index (χ3n) is 3.71. The largest absolute Gasteiger partial charge is 0.507 e. The maximum absolute atomic E-state index is 10.9. The molecule has 0 unspecified atom stereocenters. The summed E-state index contributed by atoms with van der Waals surface area (Å²) in [5, 5.41) is 12.5. The molecule has 0 heterocycles. The molecule has 118 valence electrons. The Kier molecular flexibility index (Phi) is 4.11. The monoisotopic (exact) mass is 308 g/mol. The van der Waals surface area contributed by atoms with Crippen LogP contribution >= 0.6 is 0 Å². The van der Waals surface area contributed by atoms with Gasteiger partial charge in [0.2, 0.25) is 0 Å². The Morgan fingerprint density at radius 2 is 1.70 bits per heavy atom. The van der Waals surface area contributed by atoms with Crippen LogP contribution in [0.25, 0.3) is 21.9 Å². The first-order valence-corrected chi connectivity index (χ1v) is 7.66. The number of hydrogen-bond acceptors (Lipinski definition) is 3. The number of rotatable bonds is 4. The molecule has 0 saturated carbocycles. The lowest BCUT2D eigenvalue weighted by Crippen LogP contribution is -2.06. The van der Waals surface area contributed by atoms with E-state index >= 15 is 0 Å². The fourth-order valence-electron chi connectivity index (χ4n) is 2.69. The molecule has 3 rings (SSSR count). The van der Waals surface area contributed by atoms with Gasteiger partial charge in [0.15, 0.2) is 0 Å². The molecule has 0 radical (unpaired) electrons. The van der Waals surface area contributed by atoms with Crippen LogP contribution in [0.3, 0.4) is 0 Å². The van der Waals surface area contributed by atoms with E-state index in [0.717, 1.165) is 16.3 Å². The quantitative estimate of drug-likeness (QED) is 0.736. The third-order valence-corrected chi connectivity index (χ3v) is 3.71. The molecule has 0 aliphatic carbocycles. The van der Waals surface area contributed by atoms with Crippen molar-refractivity contribution in [2.75, 3.05) is 7.11 Å². The predicted molar refractivity (Wildman–Crippen MR) is 93.4 cm³/mol. The molecule has 0 saturated heterocycles. The van der Waals surface area contributed by atoms with Crippen molar-refractivity contribution in [3.63, 3.8) is 0 Å². The molecule has 3 nitrogen and oxygen atoms in total. The summed E-state index contributed by atoms with van der Waals surface area (Å²) in [4.78, 5) is 0. The molecule has 0 spiro atoms. The molecule has 0 fully saturated rings. The highest BCUT2D eigenvalue weighted by Crippen LogP contribution is 2.44. The molecule has 0 aliphatic rings. The van der Waals surface area contributed by atoms with Gasteiger partial charge < -0.3 is 14.6 Å². The van der Waals surface area contributed by atoms with E-state index in [-0.39, 0.29) is 11.9 Å². The summed E-state index contributed by atoms with van der Waals surface area (Å²) < 4.78 is 11.2. The number of benzene rings is 3. The first kappa shape index (κ1) is 15.2. The van der Waals surface area contributed by atoms with E-state index in [0.29, 0.717) is 17.1 Å². The molecule has 0 amide bonds. The van der Waals surface area contributed by atoms with Crippen molar-refractivity contribution in [3.8, 4) is 28.4 Å². The van der Waals surface area contributed by atoms with Crippen molar-refractivity contribution < 1.29 is 14.6 Å². The average Bonchev–Trinajstić information content (AvgIpc) is 2.55. The first-order valence-electron chi connectivity index (χ1n) is 7.66. The minimum absolute atomic E-state index is 0.0209. The molecule has 3 heteroatoms. The summed E-state index contributed by atoms with van der Waals surface area (Å²) in [5.41, 5.74) is 1.63. The lowest BCUT2D eigenvalue weighted by atomic mass is 9.98. The highest BCUT2D eigenvalue weighted by atomic mass is 16.5. The van der Waals surface area contributed by atoms with Crippen molar-refractivity contribution in [2.24, 2.45) is 0 Å². The number of phenolic OH excluding ortho intramolecular Hbond substituents is 1. The van der Waals surface area contributed by atoms with E-state index < -0.39 is 0 Å². The minimum Gasteiger partial charge on any atom is -0.507 e. The minimum atomic E-state index is 0.0209. The predicted octanol–water partition coefficient (Wildman–Crippen LogP) is 5.01. The fraction of sp³-hybridized carbons (Fsp3) is 0.200. The zero-order valence-corrected chi connectivity index (χ0v) is 13.5. The Labute approximate surface area is 136 Å². The van der Waals surface area contributed by atoms with Crippen molar-refractivity contribution >= 4 is 10.8 Å². The average molecular weight is 308 g/mol. The van der Waals surface area contributed by atoms with E-state index in [1.54, 1.807) is 7.11 Å². The van der Waals surface area contributed by atoms with Gasteiger partial charge in [-0.2, -0.15) is 0 Å². The number of ether oxygens (including phenoxy) is 2. The van der Waals surface area contributed by atoms with Crippen molar-refractivity contribution in [2.45, 2.75) is 20.0 Å². The SMILES string of the molecule is COc1ccc2cc(OC(C)C)c(-c3ccccc3)c(O)c2c1. The van der Waals surface area contributed by atoms with Crippen LogP contribution < -0.4 is 9.47 Å². The molecule has 0 aromatic heterocycles. The zero-order valence-electron chi connectivity index (χ0n) is 13.5. The lowest BCUT2D eigenvalue weighted by Gasteiger charge is -2.18. The van der Waals surface area contributed by atoms with E-state index in [4.69, 9.17) is 9.47 Å². The van der Waals surface area contributed by atoms with Gasteiger partial charge >= 0.3 is 0 Å². The van der Waals surface area contributed by atoms with Gasteiger partial charge in [0, 0.05) is 5.39 Å². The third kappa shape index (κ3) is 2.95. The van der Waals surface area contributed by atoms with Crippen LogP contribution in [0.5, 0.6) is 17.2 Å². The maximum Gasteiger partial charge on any atom is 0.135 e. The van der Waals surface area contributed by atoms with Crippen LogP contribution in [-0.2, 0) is 0 Å². The molecule has 23 heavy (non-hydrogen) atoms. The van der Waals surface area contributed by atoms with Crippen molar-refractivity contribution in [3.05, 3.63) is 54.6 Å². The van der Waals surface area contributed by atoms with Crippen LogP contribution in [0.4, 0.5) is 0 Å². The van der Waals surface area contributed by atoms with Gasteiger partial charge in [0.05, 0.1) is 18.8 Å². The summed E-state index contributed by atoms with van der Waals surface area (Å²) in [6.07, 6.45) is 0.0209. The van der Waals surface area contributed by atoms with E-state index in [1.807, 2.05) is 68.4 Å². The van der Waals surface area contributed by atoms with E-state index in [2.05, 4.69) is 0 Å². The lowest BCUT2D eigenvalue weighted by molar-refractivity contribution is 0.243. The maximum atomic E-state index is 10.9. The van der Waals surface area contributed by atoms with Gasteiger partial charge in [-0.1, -0.05) is 36.4 Å². The van der Waals surface area contributed by atoms with E-state index in [1.165, 1.54) is 0 Å². The summed E-state index contributed by atoms with van der Waals surface area (Å²) in [5.74, 6) is 1.61. The molecule has 3 aromatic carbocycles. The van der Waals surface area contributed by atoms with Gasteiger partial charge in [0.1, 0.15) is 17.2 Å². The van der Waals surface area contributed by atoms with Gasteiger partial charge in [-0.25, -0.2) is 0 Å². The topological polar surface area (TPSA) is 38.7 Å². The highest BCUT2D eigenvalue weighted by molar-refractivity contribution is 5.98. The second-order valence-corrected chi connectivity index (χ2v) is 5.72. The molecule has 1 N–H and O–H groups in total. The Bertz CT molecular complexity index is 823. The zero-order chi connectivity index (χ0) is 16.4. The standard InChI is InChI=1S/C20H20O3/c1-13(2)23-18-11-15-9-10-16(22-3)12-17(15)20(21)19(18)14-7-5-4-6-8-14/h4-13,21H,1-3H3. The number of aromatic hydroxyl groups is 1. The van der Waals surface area contributed by atoms with Crippen LogP contribution in [-0.4, -0.2) is 18.3 Å². The first-order chi connectivity index (χ1) is 11.1. The summed E-state index contributed by atoms with van der Waals surface area (Å²) >= 11 is 0. The summed E-state index contributed by atoms with van der Waals surface area (Å²) in [6, 6.07) is 17.4. The van der Waals surface area contributed by atoms with Crippen LogP contribution in [0.2, 0.25) is 0 Å². The van der Waals surface area contributed by atoms with Gasteiger partial charge in [-0.3, -0.25) is 0 Å². The number of phenols is 1. The Morgan fingerprint density at radius 3 is 2.35 bits per heavy atom. The fourth-order valence-corrected chi connectivity index (χ4v) is 2.69. The Morgan fingerprint density at radius 1 is 0.957 bits per heavy atom. The molecular weight excluding hydrogens is 288 g/mol. The molecular formula is C20H20O3. The smallest absolute Gasteiger partial charge is 0.135 e. The van der Waals surface area contributed by atoms with Crippen LogP contribution in [0.1, 0.15) is 13.8 Å². The second-order valence-electron chi connectivity index (χ2n) is 5.72. The van der Waals surface area contributed by atoms with Crippen LogP contribution in [0, 0.1) is 0 Å². The number of hydrogen-bond donors (Lipinski definition) is 1. The van der Waals surface area contributed by atoms with Crippen molar-refractivity contribution in [1.29, 1.82) is 0 Å². The van der Waals surface area contributed by atoms with E-state index in [9.17, 15) is 5.11 Å². The van der Waals surface area contributed by atoms with Gasteiger partial charge in [0.25, 0.3) is 0 Å². The second kappa shape index (κ2) is 6.21. The Balaban J connectivity index is 2.31. The normalized spacial score (nSPS) is 11.0. The molecule has 0 aliphatic heterocycles. The molecule has 3 aromatic rings.